The summed E-state index contributed by atoms with van der Waals surface area (Å²) in [5.41, 5.74) is 0.189. The van der Waals surface area contributed by atoms with Crippen LogP contribution in [0.1, 0.15) is 28.8 Å². The minimum atomic E-state index is -1.37. The van der Waals surface area contributed by atoms with Gasteiger partial charge in [0.1, 0.15) is 23.3 Å². The lowest BCUT2D eigenvalue weighted by Crippen LogP contribution is -2.35. The summed E-state index contributed by atoms with van der Waals surface area (Å²) in [7, 11) is 0. The fourth-order valence-corrected chi connectivity index (χ4v) is 4.60. The molecule has 0 radical (unpaired) electrons. The second kappa shape index (κ2) is 9.64. The largest absolute Gasteiger partial charge is 0.477 e. The third-order valence-electron chi connectivity index (χ3n) is 6.09. The molecule has 1 fully saturated rings. The number of benzene rings is 1. The lowest BCUT2D eigenvalue weighted by Gasteiger charge is -2.28. The van der Waals surface area contributed by atoms with Gasteiger partial charge in [-0.2, -0.15) is 5.26 Å². The first kappa shape index (κ1) is 23.3. The van der Waals surface area contributed by atoms with E-state index < -0.39 is 17.0 Å². The molecule has 5 rings (SSSR count). The average molecular weight is 503 g/mol. The van der Waals surface area contributed by atoms with Crippen LogP contribution in [0.4, 0.5) is 5.69 Å². The minimum Gasteiger partial charge on any atom is -0.477 e. The SMILES string of the molecule is N#Cc1cc2c(=O)c(C(=O)O)cn(-c3cnccn3)c2cc1N1CCC[C@@H]1COc1ncccc1Cl. The highest BCUT2D eigenvalue weighted by molar-refractivity contribution is 6.31. The standard InChI is InChI=1S/C25H19ClN6O4/c26-19-4-1-5-30-24(19)36-14-16-3-2-8-31(16)20-10-21-17(9-15(20)11-27)23(33)18(25(34)35)13-32(21)22-12-28-6-7-29-22/h1,4-7,9-10,12-13,16H,2-3,8,14H2,(H,34,35)/t16-/m1/s1. The molecule has 11 heteroatoms. The van der Waals surface area contributed by atoms with Crippen molar-refractivity contribution in [2.24, 2.45) is 0 Å². The molecule has 0 unspecified atom stereocenters. The van der Waals surface area contributed by atoms with E-state index in [1.54, 1.807) is 24.4 Å². The fourth-order valence-electron chi connectivity index (χ4n) is 4.42. The highest BCUT2D eigenvalue weighted by Gasteiger charge is 2.29. The lowest BCUT2D eigenvalue weighted by atomic mass is 10.0. The number of anilines is 1. The second-order valence-electron chi connectivity index (χ2n) is 8.20. The number of rotatable bonds is 6. The van der Waals surface area contributed by atoms with Crippen molar-refractivity contribution in [2.45, 2.75) is 18.9 Å². The normalized spacial score (nSPS) is 15.1. The zero-order valence-corrected chi connectivity index (χ0v) is 19.6. The highest BCUT2D eigenvalue weighted by atomic mass is 35.5. The highest BCUT2D eigenvalue weighted by Crippen LogP contribution is 2.33. The van der Waals surface area contributed by atoms with Crippen molar-refractivity contribution in [3.8, 4) is 17.8 Å². The van der Waals surface area contributed by atoms with E-state index >= 15 is 0 Å². The number of hydrogen-bond acceptors (Lipinski definition) is 8. The first-order chi connectivity index (χ1) is 17.5. The molecule has 3 aromatic heterocycles. The third kappa shape index (κ3) is 4.21. The molecule has 0 amide bonds. The summed E-state index contributed by atoms with van der Waals surface area (Å²) in [6, 6.07) is 8.68. The van der Waals surface area contributed by atoms with Gasteiger partial charge in [-0.05, 0) is 37.1 Å². The van der Waals surface area contributed by atoms with Crippen molar-refractivity contribution in [3.63, 3.8) is 0 Å². The summed E-state index contributed by atoms with van der Waals surface area (Å²) in [6.45, 7) is 0.974. The fraction of sp³-hybridized carbons (Fsp3) is 0.200. The molecule has 1 atom stereocenters. The van der Waals surface area contributed by atoms with Crippen molar-refractivity contribution < 1.29 is 14.6 Å². The number of ether oxygens (including phenoxy) is 1. The van der Waals surface area contributed by atoms with Crippen molar-refractivity contribution in [3.05, 3.63) is 81.6 Å². The molecule has 1 aliphatic heterocycles. The van der Waals surface area contributed by atoms with Crippen LogP contribution in [0.2, 0.25) is 5.02 Å². The Hall–Kier alpha value is -4.49. The van der Waals surface area contributed by atoms with E-state index in [9.17, 15) is 20.0 Å². The number of aromatic nitrogens is 4. The van der Waals surface area contributed by atoms with Crippen molar-refractivity contribution >= 4 is 34.2 Å². The Kier molecular flexibility index (Phi) is 6.23. The third-order valence-corrected chi connectivity index (χ3v) is 6.38. The molecule has 1 N–H and O–H groups in total. The molecule has 0 saturated carbocycles. The number of pyridine rings is 2. The number of fused-ring (bicyclic) bond motifs is 1. The summed E-state index contributed by atoms with van der Waals surface area (Å²) in [5, 5.41) is 20.1. The molecule has 1 aliphatic rings. The van der Waals surface area contributed by atoms with Crippen LogP contribution in [0.3, 0.4) is 0 Å². The first-order valence-electron chi connectivity index (χ1n) is 11.1. The Balaban J connectivity index is 1.62. The monoisotopic (exact) mass is 502 g/mol. The molecule has 36 heavy (non-hydrogen) atoms. The van der Waals surface area contributed by atoms with Crippen LogP contribution < -0.4 is 15.1 Å². The van der Waals surface area contributed by atoms with Gasteiger partial charge in [0.15, 0.2) is 5.82 Å². The summed E-state index contributed by atoms with van der Waals surface area (Å²) >= 11 is 6.17. The van der Waals surface area contributed by atoms with E-state index in [1.165, 1.54) is 35.4 Å². The van der Waals surface area contributed by atoms with Crippen LogP contribution in [-0.4, -0.2) is 49.8 Å². The van der Waals surface area contributed by atoms with Gasteiger partial charge in [-0.25, -0.2) is 14.8 Å². The van der Waals surface area contributed by atoms with Crippen molar-refractivity contribution in [1.82, 2.24) is 19.5 Å². The van der Waals surface area contributed by atoms with Gasteiger partial charge in [-0.1, -0.05) is 11.6 Å². The Morgan fingerprint density at radius 2 is 2.14 bits per heavy atom. The number of hydrogen-bond donors (Lipinski definition) is 1. The molecule has 4 heterocycles. The number of carboxylic acids is 1. The minimum absolute atomic E-state index is 0.0670. The molecule has 4 aromatic rings. The molecule has 10 nitrogen and oxygen atoms in total. The maximum Gasteiger partial charge on any atom is 0.341 e. The first-order valence-corrected chi connectivity index (χ1v) is 11.5. The lowest BCUT2D eigenvalue weighted by molar-refractivity contribution is 0.0695. The van der Waals surface area contributed by atoms with Gasteiger partial charge in [0.05, 0.1) is 29.0 Å². The van der Waals surface area contributed by atoms with Crippen LogP contribution in [0, 0.1) is 11.3 Å². The van der Waals surface area contributed by atoms with E-state index in [1.807, 2.05) is 0 Å². The number of nitrogens with zero attached hydrogens (tertiary/aromatic N) is 6. The van der Waals surface area contributed by atoms with Gasteiger partial charge < -0.3 is 14.7 Å². The van der Waals surface area contributed by atoms with E-state index in [0.29, 0.717) is 41.1 Å². The predicted molar refractivity (Wildman–Crippen MR) is 132 cm³/mol. The maximum atomic E-state index is 13.0. The van der Waals surface area contributed by atoms with Crippen LogP contribution in [0.25, 0.3) is 16.7 Å². The van der Waals surface area contributed by atoms with Crippen molar-refractivity contribution in [1.29, 1.82) is 5.26 Å². The second-order valence-corrected chi connectivity index (χ2v) is 8.61. The maximum absolute atomic E-state index is 13.0. The molecule has 180 valence electrons. The summed E-state index contributed by atoms with van der Waals surface area (Å²) in [6.07, 6.45) is 8.97. The molecule has 1 saturated heterocycles. The number of aromatic carboxylic acids is 1. The van der Waals surface area contributed by atoms with E-state index in [0.717, 1.165) is 12.8 Å². The molecular weight excluding hydrogens is 484 g/mol. The van der Waals surface area contributed by atoms with Gasteiger partial charge >= 0.3 is 5.97 Å². The molecule has 1 aromatic carbocycles. The van der Waals surface area contributed by atoms with Crippen LogP contribution in [0.5, 0.6) is 5.88 Å². The summed E-state index contributed by atoms with van der Waals surface area (Å²) in [4.78, 5) is 39.4. The van der Waals surface area contributed by atoms with Crippen LogP contribution in [0.15, 0.2) is 60.0 Å². The zero-order chi connectivity index (χ0) is 25.2. The summed E-state index contributed by atoms with van der Waals surface area (Å²) in [5.74, 6) is -0.693. The van der Waals surface area contributed by atoms with Gasteiger partial charge in [-0.3, -0.25) is 14.3 Å². The smallest absolute Gasteiger partial charge is 0.341 e. The number of nitriles is 1. The topological polar surface area (TPSA) is 134 Å². The number of carbonyl (C=O) groups is 1. The molecule has 0 spiro atoms. The van der Waals surface area contributed by atoms with Gasteiger partial charge in [0, 0.05) is 36.7 Å². The van der Waals surface area contributed by atoms with E-state index in [4.69, 9.17) is 16.3 Å². The molecular formula is C25H19ClN6O4. The molecule has 0 bridgehead atoms. The predicted octanol–water partition coefficient (Wildman–Crippen LogP) is 3.45. The zero-order valence-electron chi connectivity index (χ0n) is 18.8. The summed E-state index contributed by atoms with van der Waals surface area (Å²) < 4.78 is 7.39. The number of halogens is 1. The van der Waals surface area contributed by atoms with Crippen molar-refractivity contribution in [2.75, 3.05) is 18.1 Å². The Labute approximate surface area is 210 Å². The van der Waals surface area contributed by atoms with Crippen LogP contribution >= 0.6 is 11.6 Å². The Morgan fingerprint density at radius 1 is 1.28 bits per heavy atom. The molecule has 0 aliphatic carbocycles. The van der Waals surface area contributed by atoms with Gasteiger partial charge in [0.25, 0.3) is 0 Å². The van der Waals surface area contributed by atoms with Gasteiger partial charge in [-0.15, -0.1) is 0 Å². The average Bonchev–Trinajstić information content (AvgIpc) is 3.36. The van der Waals surface area contributed by atoms with Crippen LogP contribution in [-0.2, 0) is 0 Å². The van der Waals surface area contributed by atoms with Gasteiger partial charge in [0.2, 0.25) is 11.3 Å². The Bertz CT molecular complexity index is 1570. The van der Waals surface area contributed by atoms with E-state index in [-0.39, 0.29) is 17.0 Å². The quantitative estimate of drug-likeness (QED) is 0.420. The number of carboxylic acid groups (broad SMARTS) is 1. The Morgan fingerprint density at radius 3 is 2.86 bits per heavy atom. The van der Waals surface area contributed by atoms with E-state index in [2.05, 4.69) is 25.9 Å².